The SMILES string of the molecule is COC(=O)[C@H](C)[C@H](NC[C@H](O)COc1ccccc1)c1ccccc1. The van der Waals surface area contributed by atoms with Gasteiger partial charge in [-0.1, -0.05) is 55.5 Å². The van der Waals surface area contributed by atoms with E-state index in [2.05, 4.69) is 5.32 Å². The van der Waals surface area contributed by atoms with Crippen molar-refractivity contribution in [1.29, 1.82) is 0 Å². The number of esters is 1. The summed E-state index contributed by atoms with van der Waals surface area (Å²) >= 11 is 0. The van der Waals surface area contributed by atoms with E-state index >= 15 is 0 Å². The maximum atomic E-state index is 11.9. The second kappa shape index (κ2) is 9.81. The molecule has 2 rings (SSSR count). The lowest BCUT2D eigenvalue weighted by atomic mass is 9.94. The molecule has 5 nitrogen and oxygen atoms in total. The van der Waals surface area contributed by atoms with Gasteiger partial charge >= 0.3 is 5.97 Å². The van der Waals surface area contributed by atoms with Gasteiger partial charge in [0.25, 0.3) is 0 Å². The van der Waals surface area contributed by atoms with Crippen LogP contribution in [0.2, 0.25) is 0 Å². The Hall–Kier alpha value is -2.37. The monoisotopic (exact) mass is 343 g/mol. The normalized spacial score (nSPS) is 14.4. The Morgan fingerprint density at radius 3 is 2.28 bits per heavy atom. The molecule has 0 spiro atoms. The summed E-state index contributed by atoms with van der Waals surface area (Å²) in [6.45, 7) is 2.28. The van der Waals surface area contributed by atoms with Crippen LogP contribution in [0.15, 0.2) is 60.7 Å². The molecule has 0 heterocycles. The molecule has 0 saturated heterocycles. The maximum absolute atomic E-state index is 11.9. The van der Waals surface area contributed by atoms with Crippen LogP contribution in [0.25, 0.3) is 0 Å². The third-order valence-electron chi connectivity index (χ3n) is 3.99. The van der Waals surface area contributed by atoms with Gasteiger partial charge in [0.15, 0.2) is 0 Å². The summed E-state index contributed by atoms with van der Waals surface area (Å²) in [5, 5.41) is 13.4. The molecular formula is C20H25NO4. The molecule has 0 fully saturated rings. The van der Waals surface area contributed by atoms with Gasteiger partial charge in [0.05, 0.1) is 13.0 Å². The van der Waals surface area contributed by atoms with E-state index in [0.717, 1.165) is 5.56 Å². The number of carbonyl (C=O) groups is 1. The summed E-state index contributed by atoms with van der Waals surface area (Å²) < 4.78 is 10.4. The highest BCUT2D eigenvalue weighted by atomic mass is 16.5. The molecule has 0 amide bonds. The number of aliphatic hydroxyl groups is 1. The summed E-state index contributed by atoms with van der Waals surface area (Å²) in [5.41, 5.74) is 0.969. The largest absolute Gasteiger partial charge is 0.491 e. The number of hydrogen-bond acceptors (Lipinski definition) is 5. The minimum atomic E-state index is -0.698. The van der Waals surface area contributed by atoms with E-state index in [1.165, 1.54) is 7.11 Å². The Bertz CT molecular complexity index is 633. The lowest BCUT2D eigenvalue weighted by molar-refractivity contribution is -0.146. The molecule has 2 aromatic rings. The van der Waals surface area contributed by atoms with Crippen molar-refractivity contribution in [2.45, 2.75) is 19.1 Å². The summed E-state index contributed by atoms with van der Waals surface area (Å²) in [7, 11) is 1.38. The Morgan fingerprint density at radius 2 is 1.68 bits per heavy atom. The quantitative estimate of drug-likeness (QED) is 0.685. The molecule has 25 heavy (non-hydrogen) atoms. The van der Waals surface area contributed by atoms with E-state index in [1.807, 2.05) is 67.6 Å². The number of carbonyl (C=O) groups excluding carboxylic acids is 1. The lowest BCUT2D eigenvalue weighted by Gasteiger charge is -2.25. The van der Waals surface area contributed by atoms with Crippen LogP contribution in [0, 0.1) is 5.92 Å². The fourth-order valence-electron chi connectivity index (χ4n) is 2.60. The first kappa shape index (κ1) is 19.0. The fraction of sp³-hybridized carbons (Fsp3) is 0.350. The van der Waals surface area contributed by atoms with Gasteiger partial charge in [0.2, 0.25) is 0 Å². The maximum Gasteiger partial charge on any atom is 0.310 e. The summed E-state index contributed by atoms with van der Waals surface area (Å²) in [6, 6.07) is 18.8. The molecule has 5 heteroatoms. The molecule has 2 N–H and O–H groups in total. The van der Waals surface area contributed by atoms with Gasteiger partial charge in [-0.2, -0.15) is 0 Å². The molecule has 0 aliphatic heterocycles. The Labute approximate surface area is 148 Å². The number of ether oxygens (including phenoxy) is 2. The zero-order valence-electron chi connectivity index (χ0n) is 14.6. The van der Waals surface area contributed by atoms with Crippen molar-refractivity contribution in [2.75, 3.05) is 20.3 Å². The van der Waals surface area contributed by atoms with Crippen molar-refractivity contribution in [1.82, 2.24) is 5.32 Å². The number of aliphatic hydroxyl groups excluding tert-OH is 1. The Kier molecular flexibility index (Phi) is 7.44. The van der Waals surface area contributed by atoms with Gasteiger partial charge in [-0.15, -0.1) is 0 Å². The topological polar surface area (TPSA) is 67.8 Å². The number of benzene rings is 2. The lowest BCUT2D eigenvalue weighted by Crippen LogP contribution is -2.38. The van der Waals surface area contributed by atoms with Crippen molar-refractivity contribution in [3.63, 3.8) is 0 Å². The summed E-state index contributed by atoms with van der Waals surface area (Å²) in [5.74, 6) is 0.0371. The van der Waals surface area contributed by atoms with Crippen LogP contribution in [0.5, 0.6) is 5.75 Å². The van der Waals surface area contributed by atoms with E-state index in [-0.39, 0.29) is 24.5 Å². The van der Waals surface area contributed by atoms with Crippen LogP contribution < -0.4 is 10.1 Å². The van der Waals surface area contributed by atoms with Crippen LogP contribution in [0.1, 0.15) is 18.5 Å². The smallest absolute Gasteiger partial charge is 0.310 e. The number of para-hydroxylation sites is 1. The van der Waals surface area contributed by atoms with Crippen molar-refractivity contribution < 1.29 is 19.4 Å². The Morgan fingerprint density at radius 1 is 1.08 bits per heavy atom. The minimum absolute atomic E-state index is 0.172. The van der Waals surface area contributed by atoms with Crippen molar-refractivity contribution in [3.8, 4) is 5.75 Å². The van der Waals surface area contributed by atoms with E-state index in [9.17, 15) is 9.90 Å². The minimum Gasteiger partial charge on any atom is -0.491 e. The van der Waals surface area contributed by atoms with Crippen molar-refractivity contribution >= 4 is 5.97 Å². The molecule has 0 unspecified atom stereocenters. The van der Waals surface area contributed by atoms with Crippen LogP contribution in [0.3, 0.4) is 0 Å². The highest BCUT2D eigenvalue weighted by Gasteiger charge is 2.26. The highest BCUT2D eigenvalue weighted by molar-refractivity contribution is 5.73. The fourth-order valence-corrected chi connectivity index (χ4v) is 2.60. The van der Waals surface area contributed by atoms with Gasteiger partial charge in [0, 0.05) is 12.6 Å². The van der Waals surface area contributed by atoms with E-state index in [0.29, 0.717) is 12.3 Å². The molecule has 0 aliphatic rings. The van der Waals surface area contributed by atoms with E-state index < -0.39 is 6.10 Å². The molecule has 0 saturated carbocycles. The van der Waals surface area contributed by atoms with Crippen LogP contribution in [0.4, 0.5) is 0 Å². The molecule has 2 aromatic carbocycles. The first-order valence-electron chi connectivity index (χ1n) is 8.34. The van der Waals surface area contributed by atoms with E-state index in [1.54, 1.807) is 0 Å². The number of methoxy groups -OCH3 is 1. The highest BCUT2D eigenvalue weighted by Crippen LogP contribution is 2.23. The number of nitrogens with one attached hydrogen (secondary N) is 1. The van der Waals surface area contributed by atoms with E-state index in [4.69, 9.17) is 9.47 Å². The van der Waals surface area contributed by atoms with Gasteiger partial charge in [-0.3, -0.25) is 4.79 Å². The van der Waals surface area contributed by atoms with Gasteiger partial charge < -0.3 is 19.9 Å². The molecule has 0 aliphatic carbocycles. The van der Waals surface area contributed by atoms with Gasteiger partial charge in [-0.25, -0.2) is 0 Å². The van der Waals surface area contributed by atoms with Crippen molar-refractivity contribution in [3.05, 3.63) is 66.2 Å². The van der Waals surface area contributed by atoms with Crippen LogP contribution >= 0.6 is 0 Å². The molecule has 0 aromatic heterocycles. The van der Waals surface area contributed by atoms with Crippen LogP contribution in [-0.4, -0.2) is 37.4 Å². The van der Waals surface area contributed by atoms with Gasteiger partial charge in [0.1, 0.15) is 18.5 Å². The summed E-state index contributed by atoms with van der Waals surface area (Å²) in [6.07, 6.45) is -0.698. The number of hydrogen-bond donors (Lipinski definition) is 2. The second-order valence-corrected chi connectivity index (χ2v) is 5.89. The summed E-state index contributed by atoms with van der Waals surface area (Å²) in [4.78, 5) is 11.9. The standard InChI is InChI=1S/C20H25NO4/c1-15(20(23)24-2)19(16-9-5-3-6-10-16)21-13-17(22)14-25-18-11-7-4-8-12-18/h3-12,15,17,19,21-22H,13-14H2,1-2H3/t15-,17+,19+/m1/s1. The third kappa shape index (κ3) is 5.89. The second-order valence-electron chi connectivity index (χ2n) is 5.89. The average molecular weight is 343 g/mol. The zero-order chi connectivity index (χ0) is 18.1. The predicted octanol–water partition coefficient (Wildman–Crippen LogP) is 2.57. The van der Waals surface area contributed by atoms with Gasteiger partial charge in [-0.05, 0) is 17.7 Å². The first-order valence-corrected chi connectivity index (χ1v) is 8.34. The molecule has 0 bridgehead atoms. The third-order valence-corrected chi connectivity index (χ3v) is 3.99. The van der Waals surface area contributed by atoms with Crippen molar-refractivity contribution in [2.24, 2.45) is 5.92 Å². The molecular weight excluding hydrogens is 318 g/mol. The first-order chi connectivity index (χ1) is 12.1. The predicted molar refractivity (Wildman–Crippen MR) is 96.3 cm³/mol. The number of rotatable bonds is 9. The molecule has 134 valence electrons. The molecule has 3 atom stereocenters. The zero-order valence-corrected chi connectivity index (χ0v) is 14.6. The molecule has 0 radical (unpaired) electrons. The average Bonchev–Trinajstić information content (AvgIpc) is 2.67. The van der Waals surface area contributed by atoms with Crippen LogP contribution in [-0.2, 0) is 9.53 Å². The Balaban J connectivity index is 1.93.